The molecule has 0 aliphatic carbocycles. The fourth-order valence-corrected chi connectivity index (χ4v) is 1.92. The molecule has 0 aliphatic rings. The quantitative estimate of drug-likeness (QED) is 0.796. The van der Waals surface area contributed by atoms with Gasteiger partial charge < -0.3 is 9.73 Å². The largest absolute Gasteiger partial charge is 0.423 e. The van der Waals surface area contributed by atoms with Crippen LogP contribution in [0.1, 0.15) is 5.56 Å². The molecule has 1 aromatic heterocycles. The van der Waals surface area contributed by atoms with Gasteiger partial charge in [0.15, 0.2) is 0 Å². The number of nitrogens with zero attached hydrogens (tertiary/aromatic N) is 2. The molecule has 0 amide bonds. The molecule has 0 radical (unpaired) electrons. The zero-order chi connectivity index (χ0) is 14.7. The van der Waals surface area contributed by atoms with Gasteiger partial charge in [-0.1, -0.05) is 6.07 Å². The third kappa shape index (κ3) is 2.89. The molecule has 2 aromatic carbocycles. The predicted octanol–water partition coefficient (Wildman–Crippen LogP) is 3.63. The molecule has 3 rings (SSSR count). The highest BCUT2D eigenvalue weighted by Gasteiger charge is 2.08. The number of rotatable bonds is 4. The summed E-state index contributed by atoms with van der Waals surface area (Å²) in [6.45, 7) is 0.0679. The highest BCUT2D eigenvalue weighted by atomic mass is 19.1. The summed E-state index contributed by atoms with van der Waals surface area (Å²) >= 11 is 0. The minimum atomic E-state index is -0.565. The average molecular weight is 287 g/mol. The summed E-state index contributed by atoms with van der Waals surface area (Å²) in [6, 6.07) is 10.9. The van der Waals surface area contributed by atoms with E-state index in [9.17, 15) is 8.78 Å². The van der Waals surface area contributed by atoms with Crippen molar-refractivity contribution in [2.24, 2.45) is 0 Å². The van der Waals surface area contributed by atoms with Crippen molar-refractivity contribution in [1.82, 2.24) is 10.2 Å². The van der Waals surface area contributed by atoms with Crippen LogP contribution < -0.4 is 5.32 Å². The van der Waals surface area contributed by atoms with Crippen LogP contribution in [0.2, 0.25) is 0 Å². The molecule has 3 aromatic rings. The normalized spacial score (nSPS) is 10.6. The monoisotopic (exact) mass is 287 g/mol. The average Bonchev–Trinajstić information content (AvgIpc) is 3.02. The lowest BCUT2D eigenvalue weighted by molar-refractivity contribution is 0.560. The Hall–Kier alpha value is -2.76. The summed E-state index contributed by atoms with van der Waals surface area (Å²) in [5.41, 5.74) is 1.52. The summed E-state index contributed by atoms with van der Waals surface area (Å²) in [4.78, 5) is 0. The number of halogens is 2. The van der Waals surface area contributed by atoms with Gasteiger partial charge >= 0.3 is 0 Å². The van der Waals surface area contributed by atoms with Crippen molar-refractivity contribution in [3.05, 3.63) is 66.1 Å². The van der Waals surface area contributed by atoms with Crippen LogP contribution in [0.15, 0.2) is 53.3 Å². The SMILES string of the molecule is Fc1cccc(F)c1CNc1ccc(-c2nnco2)cc1. The van der Waals surface area contributed by atoms with Crippen molar-refractivity contribution in [2.75, 3.05) is 5.32 Å². The van der Waals surface area contributed by atoms with Gasteiger partial charge in [-0.25, -0.2) is 8.78 Å². The second kappa shape index (κ2) is 5.70. The van der Waals surface area contributed by atoms with Crippen LogP contribution in [-0.2, 0) is 6.54 Å². The van der Waals surface area contributed by atoms with Gasteiger partial charge in [0, 0.05) is 23.4 Å². The van der Waals surface area contributed by atoms with Gasteiger partial charge in [-0.2, -0.15) is 0 Å². The number of anilines is 1. The minimum Gasteiger partial charge on any atom is -0.423 e. The summed E-state index contributed by atoms with van der Waals surface area (Å²) in [5.74, 6) is -0.711. The Labute approximate surface area is 119 Å². The first-order chi connectivity index (χ1) is 10.2. The number of benzene rings is 2. The fourth-order valence-electron chi connectivity index (χ4n) is 1.92. The highest BCUT2D eigenvalue weighted by molar-refractivity contribution is 5.58. The Bertz CT molecular complexity index is 707. The van der Waals surface area contributed by atoms with E-state index in [0.717, 1.165) is 11.3 Å². The van der Waals surface area contributed by atoms with Gasteiger partial charge in [0.05, 0.1) is 0 Å². The van der Waals surface area contributed by atoms with Gasteiger partial charge in [-0.05, 0) is 36.4 Å². The molecule has 1 N–H and O–H groups in total. The molecular weight excluding hydrogens is 276 g/mol. The van der Waals surface area contributed by atoms with Gasteiger partial charge in [-0.3, -0.25) is 0 Å². The van der Waals surface area contributed by atoms with Crippen molar-refractivity contribution >= 4 is 5.69 Å². The lowest BCUT2D eigenvalue weighted by Gasteiger charge is -2.08. The van der Waals surface area contributed by atoms with Gasteiger partial charge in [0.1, 0.15) is 11.6 Å². The molecule has 0 saturated heterocycles. The molecule has 0 aliphatic heterocycles. The molecule has 1 heterocycles. The summed E-state index contributed by atoms with van der Waals surface area (Å²) in [5, 5.41) is 10.4. The molecule has 21 heavy (non-hydrogen) atoms. The highest BCUT2D eigenvalue weighted by Crippen LogP contribution is 2.20. The van der Waals surface area contributed by atoms with Crippen molar-refractivity contribution in [3.8, 4) is 11.5 Å². The Morgan fingerprint density at radius 3 is 2.33 bits per heavy atom. The third-order valence-electron chi connectivity index (χ3n) is 3.02. The van der Waals surface area contributed by atoms with E-state index >= 15 is 0 Å². The lowest BCUT2D eigenvalue weighted by atomic mass is 10.1. The van der Waals surface area contributed by atoms with Crippen LogP contribution in [0.25, 0.3) is 11.5 Å². The van der Waals surface area contributed by atoms with E-state index in [1.807, 2.05) is 0 Å². The topological polar surface area (TPSA) is 51.0 Å². The number of hydrogen-bond acceptors (Lipinski definition) is 4. The molecule has 6 heteroatoms. The maximum Gasteiger partial charge on any atom is 0.247 e. The van der Waals surface area contributed by atoms with Crippen LogP contribution in [0, 0.1) is 11.6 Å². The smallest absolute Gasteiger partial charge is 0.247 e. The van der Waals surface area contributed by atoms with E-state index in [0.29, 0.717) is 5.89 Å². The fraction of sp³-hybridized carbons (Fsp3) is 0.0667. The number of nitrogens with one attached hydrogen (secondary N) is 1. The number of aromatic nitrogens is 2. The van der Waals surface area contributed by atoms with E-state index in [2.05, 4.69) is 15.5 Å². The number of hydrogen-bond donors (Lipinski definition) is 1. The standard InChI is InChI=1S/C15H11F2N3O/c16-13-2-1-3-14(17)12(13)8-18-11-6-4-10(5-7-11)15-20-19-9-21-15/h1-7,9,18H,8H2. The molecule has 0 atom stereocenters. The Kier molecular flexibility index (Phi) is 3.59. The van der Waals surface area contributed by atoms with E-state index in [1.165, 1.54) is 24.6 Å². The van der Waals surface area contributed by atoms with Crippen LogP contribution in [0.4, 0.5) is 14.5 Å². The maximum atomic E-state index is 13.5. The van der Waals surface area contributed by atoms with Crippen molar-refractivity contribution < 1.29 is 13.2 Å². The molecule has 0 spiro atoms. The first kappa shape index (κ1) is 13.2. The van der Waals surface area contributed by atoms with Crippen LogP contribution in [0.3, 0.4) is 0 Å². The second-order valence-electron chi connectivity index (χ2n) is 4.37. The molecule has 0 fully saturated rings. The molecule has 4 nitrogen and oxygen atoms in total. The predicted molar refractivity (Wildman–Crippen MR) is 73.4 cm³/mol. The first-order valence-corrected chi connectivity index (χ1v) is 6.27. The van der Waals surface area contributed by atoms with Gasteiger partial charge in [0.2, 0.25) is 12.3 Å². The van der Waals surface area contributed by atoms with Crippen molar-refractivity contribution in [3.63, 3.8) is 0 Å². The zero-order valence-electron chi connectivity index (χ0n) is 10.9. The van der Waals surface area contributed by atoms with Crippen molar-refractivity contribution in [1.29, 1.82) is 0 Å². The van der Waals surface area contributed by atoms with Crippen LogP contribution in [0.5, 0.6) is 0 Å². The van der Waals surface area contributed by atoms with E-state index in [4.69, 9.17) is 4.42 Å². The van der Waals surface area contributed by atoms with Crippen molar-refractivity contribution in [2.45, 2.75) is 6.54 Å². The summed E-state index contributed by atoms with van der Waals surface area (Å²) < 4.78 is 32.1. The lowest BCUT2D eigenvalue weighted by Crippen LogP contribution is -2.04. The summed E-state index contributed by atoms with van der Waals surface area (Å²) in [7, 11) is 0. The third-order valence-corrected chi connectivity index (χ3v) is 3.02. The van der Waals surface area contributed by atoms with Gasteiger partial charge in [-0.15, -0.1) is 10.2 Å². The molecule has 0 unspecified atom stereocenters. The second-order valence-corrected chi connectivity index (χ2v) is 4.37. The van der Waals surface area contributed by atoms with Gasteiger partial charge in [0.25, 0.3) is 0 Å². The van der Waals surface area contributed by atoms with E-state index in [1.54, 1.807) is 24.3 Å². The zero-order valence-corrected chi connectivity index (χ0v) is 10.9. The maximum absolute atomic E-state index is 13.5. The van der Waals surface area contributed by atoms with E-state index in [-0.39, 0.29) is 12.1 Å². The Morgan fingerprint density at radius 2 is 1.71 bits per heavy atom. The Morgan fingerprint density at radius 1 is 1.00 bits per heavy atom. The van der Waals surface area contributed by atoms with Crippen LogP contribution >= 0.6 is 0 Å². The first-order valence-electron chi connectivity index (χ1n) is 6.27. The summed E-state index contributed by atoms with van der Waals surface area (Å²) in [6.07, 6.45) is 1.25. The molecular formula is C15H11F2N3O. The minimum absolute atomic E-state index is 0.0125. The molecule has 0 bridgehead atoms. The molecule has 106 valence electrons. The Balaban J connectivity index is 1.71. The van der Waals surface area contributed by atoms with E-state index < -0.39 is 11.6 Å². The van der Waals surface area contributed by atoms with Crippen LogP contribution in [-0.4, -0.2) is 10.2 Å². The molecule has 0 saturated carbocycles.